The molecule has 1 unspecified atom stereocenters. The van der Waals surface area contributed by atoms with Crippen molar-refractivity contribution in [1.82, 2.24) is 4.90 Å². The van der Waals surface area contributed by atoms with Crippen LogP contribution >= 0.6 is 12.2 Å². The van der Waals surface area contributed by atoms with E-state index in [4.69, 9.17) is 23.1 Å². The van der Waals surface area contributed by atoms with E-state index in [0.717, 1.165) is 5.56 Å². The summed E-state index contributed by atoms with van der Waals surface area (Å²) in [6.45, 7) is 0.506. The van der Waals surface area contributed by atoms with Gasteiger partial charge in [0.2, 0.25) is 0 Å². The van der Waals surface area contributed by atoms with Gasteiger partial charge in [-0.1, -0.05) is 24.4 Å². The van der Waals surface area contributed by atoms with E-state index >= 15 is 0 Å². The molecule has 16 heavy (non-hydrogen) atoms. The van der Waals surface area contributed by atoms with Gasteiger partial charge in [0.15, 0.2) is 0 Å². The minimum absolute atomic E-state index is 0.0361. The second kappa shape index (κ2) is 5.79. The normalized spacial score (nSPS) is 12.7. The largest absolute Gasteiger partial charge is 0.508 e. The fourth-order valence-electron chi connectivity index (χ4n) is 1.62. The van der Waals surface area contributed by atoms with E-state index in [0.29, 0.717) is 11.5 Å². The average molecular weight is 240 g/mol. The molecule has 1 aromatic carbocycles. The lowest BCUT2D eigenvalue weighted by atomic mass is 10.1. The quantitative estimate of drug-likeness (QED) is 0.659. The number of benzene rings is 1. The predicted molar refractivity (Wildman–Crippen MR) is 67.3 cm³/mol. The number of likely N-dealkylation sites (N-methyl/N-ethyl adjacent to an activating group) is 1. The molecular formula is C11H16N2O2S. The van der Waals surface area contributed by atoms with Crippen LogP contribution in [0.5, 0.6) is 5.75 Å². The van der Waals surface area contributed by atoms with Crippen molar-refractivity contribution in [3.8, 4) is 5.75 Å². The number of nitrogens with zero attached hydrogens (tertiary/aromatic N) is 1. The van der Waals surface area contributed by atoms with E-state index in [-0.39, 0.29) is 18.4 Å². The predicted octanol–water partition coefficient (Wildman–Crippen LogP) is 0.643. The van der Waals surface area contributed by atoms with Crippen LogP contribution < -0.4 is 5.73 Å². The Morgan fingerprint density at radius 1 is 1.56 bits per heavy atom. The van der Waals surface area contributed by atoms with Gasteiger partial charge in [-0.15, -0.1) is 0 Å². The fraction of sp³-hybridized carbons (Fsp3) is 0.364. The van der Waals surface area contributed by atoms with Crippen LogP contribution in [0.25, 0.3) is 0 Å². The third-order valence-corrected chi connectivity index (χ3v) is 2.57. The second-order valence-electron chi connectivity index (χ2n) is 3.60. The Bertz CT molecular complexity index is 371. The zero-order chi connectivity index (χ0) is 12.1. The van der Waals surface area contributed by atoms with Crippen LogP contribution in [0.1, 0.15) is 11.6 Å². The van der Waals surface area contributed by atoms with Crippen LogP contribution in [0.15, 0.2) is 24.3 Å². The molecule has 4 nitrogen and oxygen atoms in total. The van der Waals surface area contributed by atoms with Gasteiger partial charge in [-0.3, -0.25) is 4.90 Å². The highest BCUT2D eigenvalue weighted by molar-refractivity contribution is 7.80. The smallest absolute Gasteiger partial charge is 0.115 e. The maximum absolute atomic E-state index is 9.40. The van der Waals surface area contributed by atoms with Gasteiger partial charge in [0.25, 0.3) is 0 Å². The van der Waals surface area contributed by atoms with E-state index < -0.39 is 0 Å². The number of rotatable bonds is 5. The van der Waals surface area contributed by atoms with Gasteiger partial charge in [0, 0.05) is 6.54 Å². The summed E-state index contributed by atoms with van der Waals surface area (Å²) in [6.07, 6.45) is 0. The molecule has 5 heteroatoms. The molecule has 0 aliphatic rings. The van der Waals surface area contributed by atoms with Crippen molar-refractivity contribution in [1.29, 1.82) is 0 Å². The first-order chi connectivity index (χ1) is 7.56. The molecule has 0 aromatic heterocycles. The Hall–Kier alpha value is -1.17. The fourth-order valence-corrected chi connectivity index (χ4v) is 1.93. The zero-order valence-electron chi connectivity index (χ0n) is 9.13. The molecule has 0 saturated carbocycles. The monoisotopic (exact) mass is 240 g/mol. The molecule has 1 aromatic rings. The van der Waals surface area contributed by atoms with Gasteiger partial charge in [0.05, 0.1) is 17.6 Å². The molecule has 88 valence electrons. The summed E-state index contributed by atoms with van der Waals surface area (Å²) in [5.41, 5.74) is 6.50. The third-order valence-electron chi connectivity index (χ3n) is 2.35. The van der Waals surface area contributed by atoms with E-state index in [9.17, 15) is 5.11 Å². The van der Waals surface area contributed by atoms with Crippen LogP contribution in [0.2, 0.25) is 0 Å². The number of aliphatic hydroxyl groups is 1. The number of nitrogens with two attached hydrogens (primary N) is 1. The van der Waals surface area contributed by atoms with Gasteiger partial charge in [-0.25, -0.2) is 0 Å². The van der Waals surface area contributed by atoms with Crippen LogP contribution in [0.3, 0.4) is 0 Å². The van der Waals surface area contributed by atoms with Crippen molar-refractivity contribution in [2.45, 2.75) is 6.04 Å². The molecule has 0 fully saturated rings. The topological polar surface area (TPSA) is 69.7 Å². The molecule has 0 radical (unpaired) electrons. The van der Waals surface area contributed by atoms with Crippen LogP contribution in [-0.2, 0) is 0 Å². The molecule has 0 saturated heterocycles. The van der Waals surface area contributed by atoms with E-state index in [2.05, 4.69) is 0 Å². The highest BCUT2D eigenvalue weighted by Gasteiger charge is 2.19. The number of aromatic hydroxyl groups is 1. The minimum Gasteiger partial charge on any atom is -0.508 e. The van der Waals surface area contributed by atoms with Crippen LogP contribution in [0, 0.1) is 0 Å². The number of phenols is 1. The van der Waals surface area contributed by atoms with Crippen molar-refractivity contribution in [2.24, 2.45) is 5.73 Å². The average Bonchev–Trinajstić information content (AvgIpc) is 2.17. The minimum atomic E-state index is -0.269. The Labute approximate surface area is 100 Å². The summed E-state index contributed by atoms with van der Waals surface area (Å²) in [5.74, 6) is 0.177. The second-order valence-corrected chi connectivity index (χ2v) is 4.08. The van der Waals surface area contributed by atoms with Gasteiger partial charge in [0.1, 0.15) is 5.75 Å². The summed E-state index contributed by atoms with van der Waals surface area (Å²) < 4.78 is 0. The van der Waals surface area contributed by atoms with Crippen LogP contribution in [-0.4, -0.2) is 40.3 Å². The molecule has 0 bridgehead atoms. The Morgan fingerprint density at radius 3 is 2.75 bits per heavy atom. The summed E-state index contributed by atoms with van der Waals surface area (Å²) in [6, 6.07) is 6.53. The maximum atomic E-state index is 9.40. The van der Waals surface area contributed by atoms with Crippen molar-refractivity contribution in [2.75, 3.05) is 20.2 Å². The number of thiocarbonyl (C=S) groups is 1. The molecule has 0 amide bonds. The van der Waals surface area contributed by atoms with Gasteiger partial charge < -0.3 is 15.9 Å². The highest BCUT2D eigenvalue weighted by Crippen LogP contribution is 2.22. The van der Waals surface area contributed by atoms with Gasteiger partial charge in [-0.2, -0.15) is 0 Å². The first-order valence-electron chi connectivity index (χ1n) is 4.95. The van der Waals surface area contributed by atoms with Crippen molar-refractivity contribution >= 4 is 17.2 Å². The standard InChI is InChI=1S/C11H16N2O2S/c1-13(5-6-14)10(11(12)16)8-3-2-4-9(15)7-8/h2-4,7,10,14-15H,5-6H2,1H3,(H2,12,16). The lowest BCUT2D eigenvalue weighted by Gasteiger charge is -2.26. The summed E-state index contributed by atoms with van der Waals surface area (Å²) in [7, 11) is 1.82. The molecule has 0 aliphatic carbocycles. The summed E-state index contributed by atoms with van der Waals surface area (Å²) >= 11 is 5.01. The molecule has 4 N–H and O–H groups in total. The van der Waals surface area contributed by atoms with Crippen molar-refractivity contribution in [3.63, 3.8) is 0 Å². The molecule has 0 spiro atoms. The summed E-state index contributed by atoms with van der Waals surface area (Å²) in [5, 5.41) is 18.3. The lowest BCUT2D eigenvalue weighted by Crippen LogP contribution is -2.35. The Kier molecular flexibility index (Phi) is 4.67. The van der Waals surface area contributed by atoms with E-state index in [1.807, 2.05) is 18.0 Å². The first kappa shape index (κ1) is 12.9. The maximum Gasteiger partial charge on any atom is 0.115 e. The SMILES string of the molecule is CN(CCO)C(C(N)=S)c1cccc(O)c1. The lowest BCUT2D eigenvalue weighted by molar-refractivity contribution is 0.207. The number of hydrogen-bond acceptors (Lipinski definition) is 4. The van der Waals surface area contributed by atoms with Gasteiger partial charge in [-0.05, 0) is 24.7 Å². The number of phenolic OH excluding ortho intramolecular Hbond substituents is 1. The zero-order valence-corrected chi connectivity index (χ0v) is 9.94. The summed E-state index contributed by atoms with van der Waals surface area (Å²) in [4.78, 5) is 2.17. The number of aliphatic hydroxyl groups excluding tert-OH is 1. The molecular weight excluding hydrogens is 224 g/mol. The highest BCUT2D eigenvalue weighted by atomic mass is 32.1. The molecule has 0 heterocycles. The molecule has 1 rings (SSSR count). The van der Waals surface area contributed by atoms with Crippen molar-refractivity contribution < 1.29 is 10.2 Å². The Balaban J connectivity index is 2.98. The number of hydrogen-bond donors (Lipinski definition) is 3. The molecule has 1 atom stereocenters. The van der Waals surface area contributed by atoms with Gasteiger partial charge >= 0.3 is 0 Å². The first-order valence-corrected chi connectivity index (χ1v) is 5.36. The van der Waals surface area contributed by atoms with E-state index in [1.165, 1.54) is 0 Å². The Morgan fingerprint density at radius 2 is 2.25 bits per heavy atom. The van der Waals surface area contributed by atoms with E-state index in [1.54, 1.807) is 18.2 Å². The van der Waals surface area contributed by atoms with Crippen LogP contribution in [0.4, 0.5) is 0 Å². The third kappa shape index (κ3) is 3.16. The molecule has 0 aliphatic heterocycles. The van der Waals surface area contributed by atoms with Crippen molar-refractivity contribution in [3.05, 3.63) is 29.8 Å².